The Kier molecular flexibility index (Phi) is 6.45. The lowest BCUT2D eigenvalue weighted by molar-refractivity contribution is -0.142. The van der Waals surface area contributed by atoms with Gasteiger partial charge in [-0.25, -0.2) is 9.48 Å². The molecule has 0 aliphatic carbocycles. The number of furan rings is 1. The van der Waals surface area contributed by atoms with Crippen LogP contribution in [0.4, 0.5) is 5.69 Å². The fourth-order valence-corrected chi connectivity index (χ4v) is 4.59. The maximum Gasteiger partial charge on any atom is 0.329 e. The number of esters is 1. The number of aliphatic hydroxyl groups excluding tert-OH is 1. The first kappa shape index (κ1) is 22.9. The molecule has 0 aliphatic heterocycles. The Bertz CT molecular complexity index is 1330. The molecule has 0 spiro atoms. The van der Waals surface area contributed by atoms with Crippen molar-refractivity contribution in [2.24, 2.45) is 5.92 Å². The summed E-state index contributed by atoms with van der Waals surface area (Å²) in [7, 11) is 1.23. The minimum atomic E-state index is -2.70. The smallest absolute Gasteiger partial charge is 0.329 e. The SMILES string of the molecule is COC(=O)C(C(C)C)N(c1ccc2oc3cc(-n4cc(CCO)nn4)ccc3c2c1)S(=O)[O-]. The van der Waals surface area contributed by atoms with Crippen molar-refractivity contribution in [1.82, 2.24) is 15.0 Å². The maximum absolute atomic E-state index is 12.3. The summed E-state index contributed by atoms with van der Waals surface area (Å²) >= 11 is -2.70. The van der Waals surface area contributed by atoms with E-state index in [1.54, 1.807) is 49.0 Å². The third-order valence-corrected chi connectivity index (χ3v) is 6.11. The Hall–Kier alpha value is -3.28. The van der Waals surface area contributed by atoms with Crippen LogP contribution in [-0.4, -0.2) is 54.6 Å². The first-order valence-corrected chi connectivity index (χ1v) is 11.3. The van der Waals surface area contributed by atoms with Gasteiger partial charge in [0.25, 0.3) is 0 Å². The predicted molar refractivity (Wildman–Crippen MR) is 121 cm³/mol. The van der Waals surface area contributed by atoms with Crippen molar-refractivity contribution < 1.29 is 27.8 Å². The van der Waals surface area contributed by atoms with Crippen LogP contribution in [0.3, 0.4) is 0 Å². The normalized spacial score (nSPS) is 13.5. The topological polar surface area (TPSA) is 134 Å². The van der Waals surface area contributed by atoms with Crippen LogP contribution in [-0.2, 0) is 27.2 Å². The van der Waals surface area contributed by atoms with Crippen LogP contribution in [0, 0.1) is 5.92 Å². The maximum atomic E-state index is 12.3. The number of anilines is 1. The molecular weight excluding hydrogens is 448 g/mol. The molecule has 11 heteroatoms. The molecule has 33 heavy (non-hydrogen) atoms. The van der Waals surface area contributed by atoms with Gasteiger partial charge in [0.2, 0.25) is 0 Å². The molecule has 4 aromatic rings. The number of hydrogen-bond donors (Lipinski definition) is 1. The molecule has 1 N–H and O–H groups in total. The molecule has 2 heterocycles. The summed E-state index contributed by atoms with van der Waals surface area (Å²) in [4.78, 5) is 12.3. The number of aromatic nitrogens is 3. The highest BCUT2D eigenvalue weighted by Crippen LogP contribution is 2.34. The number of ether oxygens (including phenoxy) is 1. The lowest BCUT2D eigenvalue weighted by atomic mass is 10.0. The van der Waals surface area contributed by atoms with E-state index in [1.807, 2.05) is 12.1 Å². The number of methoxy groups -OCH3 is 1. The average molecular weight is 472 g/mol. The van der Waals surface area contributed by atoms with Gasteiger partial charge < -0.3 is 18.8 Å². The summed E-state index contributed by atoms with van der Waals surface area (Å²) in [6.45, 7) is 3.50. The Morgan fingerprint density at radius 2 is 2.03 bits per heavy atom. The molecule has 0 amide bonds. The van der Waals surface area contributed by atoms with Gasteiger partial charge >= 0.3 is 5.97 Å². The molecular formula is C22H23N4O6S-. The molecule has 2 atom stereocenters. The van der Waals surface area contributed by atoms with Crippen molar-refractivity contribution >= 4 is 44.9 Å². The van der Waals surface area contributed by atoms with E-state index < -0.39 is 23.3 Å². The quantitative estimate of drug-likeness (QED) is 0.306. The summed E-state index contributed by atoms with van der Waals surface area (Å²) in [5.41, 5.74) is 2.88. The van der Waals surface area contributed by atoms with E-state index in [4.69, 9.17) is 14.3 Å². The second kappa shape index (κ2) is 9.30. The number of carbonyl (C=O) groups is 1. The summed E-state index contributed by atoms with van der Waals surface area (Å²) in [6.07, 6.45) is 2.15. The lowest BCUT2D eigenvalue weighted by Gasteiger charge is -2.35. The lowest BCUT2D eigenvalue weighted by Crippen LogP contribution is -2.46. The zero-order valence-electron chi connectivity index (χ0n) is 18.3. The van der Waals surface area contributed by atoms with Gasteiger partial charge in [-0.3, -0.25) is 8.51 Å². The molecule has 0 bridgehead atoms. The van der Waals surface area contributed by atoms with E-state index >= 15 is 0 Å². The van der Waals surface area contributed by atoms with Crippen molar-refractivity contribution in [3.8, 4) is 5.69 Å². The Morgan fingerprint density at radius 3 is 2.70 bits per heavy atom. The van der Waals surface area contributed by atoms with Crippen LogP contribution in [0.1, 0.15) is 19.5 Å². The second-order valence-electron chi connectivity index (χ2n) is 7.85. The number of aliphatic hydroxyl groups is 1. The molecule has 0 saturated heterocycles. The van der Waals surface area contributed by atoms with Gasteiger partial charge in [0.05, 0.1) is 30.4 Å². The zero-order valence-corrected chi connectivity index (χ0v) is 19.1. The first-order chi connectivity index (χ1) is 15.8. The van der Waals surface area contributed by atoms with Crippen LogP contribution in [0.25, 0.3) is 27.6 Å². The number of benzene rings is 2. The number of fused-ring (bicyclic) bond motifs is 3. The Balaban J connectivity index is 1.78. The summed E-state index contributed by atoms with van der Waals surface area (Å²) in [5, 5.41) is 18.7. The number of hydrogen-bond acceptors (Lipinski definition) is 8. The van der Waals surface area contributed by atoms with Gasteiger partial charge in [-0.1, -0.05) is 19.1 Å². The van der Waals surface area contributed by atoms with E-state index in [-0.39, 0.29) is 12.5 Å². The molecule has 0 saturated carbocycles. The molecule has 0 fully saturated rings. The van der Waals surface area contributed by atoms with E-state index in [1.165, 1.54) is 7.11 Å². The van der Waals surface area contributed by atoms with Gasteiger partial charge in [-0.05, 0) is 36.2 Å². The highest BCUT2D eigenvalue weighted by Gasteiger charge is 2.31. The third-order valence-electron chi connectivity index (χ3n) is 5.35. The van der Waals surface area contributed by atoms with Crippen LogP contribution < -0.4 is 4.31 Å². The fourth-order valence-electron chi connectivity index (χ4n) is 3.79. The van der Waals surface area contributed by atoms with E-state index in [2.05, 4.69) is 10.3 Å². The summed E-state index contributed by atoms with van der Waals surface area (Å²) in [5.74, 6) is -0.947. The molecule has 2 aromatic heterocycles. The van der Waals surface area contributed by atoms with Gasteiger partial charge in [0, 0.05) is 41.1 Å². The largest absolute Gasteiger partial charge is 0.755 e. The van der Waals surface area contributed by atoms with Crippen molar-refractivity contribution in [3.63, 3.8) is 0 Å². The second-order valence-corrected chi connectivity index (χ2v) is 8.67. The van der Waals surface area contributed by atoms with E-state index in [9.17, 15) is 13.6 Å². The monoisotopic (exact) mass is 471 g/mol. The van der Waals surface area contributed by atoms with Gasteiger partial charge in [0.15, 0.2) is 0 Å². The van der Waals surface area contributed by atoms with Crippen molar-refractivity contribution in [2.75, 3.05) is 18.0 Å². The Labute approximate surface area is 192 Å². The van der Waals surface area contributed by atoms with E-state index in [0.29, 0.717) is 34.4 Å². The van der Waals surface area contributed by atoms with Crippen molar-refractivity contribution in [1.29, 1.82) is 0 Å². The molecule has 0 radical (unpaired) electrons. The van der Waals surface area contributed by atoms with Crippen molar-refractivity contribution in [3.05, 3.63) is 48.3 Å². The van der Waals surface area contributed by atoms with Crippen LogP contribution in [0.2, 0.25) is 0 Å². The Morgan fingerprint density at radius 1 is 1.24 bits per heavy atom. The highest BCUT2D eigenvalue weighted by molar-refractivity contribution is 7.80. The third kappa shape index (κ3) is 4.34. The molecule has 4 rings (SSSR count). The van der Waals surface area contributed by atoms with Gasteiger partial charge in [0.1, 0.15) is 17.2 Å². The molecule has 0 aliphatic rings. The van der Waals surface area contributed by atoms with Crippen LogP contribution in [0.15, 0.2) is 47.0 Å². The molecule has 10 nitrogen and oxygen atoms in total. The predicted octanol–water partition coefficient (Wildman–Crippen LogP) is 2.50. The minimum absolute atomic E-state index is 0.0115. The van der Waals surface area contributed by atoms with Crippen LogP contribution >= 0.6 is 0 Å². The van der Waals surface area contributed by atoms with E-state index in [0.717, 1.165) is 15.4 Å². The van der Waals surface area contributed by atoms with Gasteiger partial charge in [-0.15, -0.1) is 5.10 Å². The molecule has 2 unspecified atom stereocenters. The number of carbonyl (C=O) groups excluding carboxylic acids is 1. The summed E-state index contributed by atoms with van der Waals surface area (Å²) in [6, 6.07) is 9.45. The van der Waals surface area contributed by atoms with Crippen LogP contribution in [0.5, 0.6) is 0 Å². The fraction of sp³-hybridized carbons (Fsp3) is 0.318. The molecule has 2 aromatic carbocycles. The summed E-state index contributed by atoms with van der Waals surface area (Å²) < 4.78 is 37.7. The zero-order chi connectivity index (χ0) is 23.7. The molecule has 174 valence electrons. The number of nitrogens with zero attached hydrogens (tertiary/aromatic N) is 4. The van der Waals surface area contributed by atoms with Crippen molar-refractivity contribution in [2.45, 2.75) is 26.3 Å². The highest BCUT2D eigenvalue weighted by atomic mass is 32.2. The average Bonchev–Trinajstić information content (AvgIpc) is 3.40. The standard InChI is InChI=1S/C22H24N4O6S/c1-13(2)21(22(28)31-3)26(33(29)30)16-5-7-19-18(10-16)17-6-4-15(11-20(17)32-19)25-12-14(8-9-27)23-24-25/h4-7,10-13,21,27H,8-9H2,1-3H3,(H,29,30)/p-1. The first-order valence-electron chi connectivity index (χ1n) is 10.3. The number of rotatable bonds is 8. The van der Waals surface area contributed by atoms with Gasteiger partial charge in [-0.2, -0.15) is 0 Å². The minimum Gasteiger partial charge on any atom is -0.755 e.